The van der Waals surface area contributed by atoms with Gasteiger partial charge in [-0.1, -0.05) is 0 Å². The van der Waals surface area contributed by atoms with Gasteiger partial charge in [-0.05, 0) is 92.6 Å². The number of nitrogens with one attached hydrogen (secondary N) is 2. The first-order chi connectivity index (χ1) is 23.7. The van der Waals surface area contributed by atoms with Gasteiger partial charge in [0.15, 0.2) is 6.10 Å². The van der Waals surface area contributed by atoms with Gasteiger partial charge in [-0.2, -0.15) is 26.3 Å². The standard InChI is InChI=1S/C33H40F6N6O4S/c34-32(35,36)23-15-19(16-24(28(23)40)33(37,38)39)17-26(29(46)43-10-3-21(4-11-43)20-1-8-41-9-2-20)49-31(48)44-12-5-22(6-13-44)45-18-27-25(7-14-50-27)42-30(45)47/h7,14-16,20-22,26,41H,1-6,8-13,17-18,40H2,(H,42,47)/t26-/m1/s1. The lowest BCUT2D eigenvalue weighted by molar-refractivity contribution is -0.142. The molecule has 0 unspecified atom stereocenters. The normalized spacial score (nSPS) is 20.8. The van der Waals surface area contributed by atoms with Crippen molar-refractivity contribution >= 4 is 40.7 Å². The zero-order valence-corrected chi connectivity index (χ0v) is 28.1. The Hall–Kier alpha value is -3.73. The number of likely N-dealkylation sites (tertiary alicyclic amines) is 2. The summed E-state index contributed by atoms with van der Waals surface area (Å²) in [4.78, 5) is 45.7. The second kappa shape index (κ2) is 14.5. The number of nitrogens with zero attached hydrogens (tertiary/aromatic N) is 3. The molecule has 0 bridgehead atoms. The maximum absolute atomic E-state index is 13.9. The zero-order valence-electron chi connectivity index (χ0n) is 27.2. The number of rotatable bonds is 6. The maximum atomic E-state index is 13.9. The molecular formula is C33H40F6N6O4S. The first kappa shape index (κ1) is 36.1. The van der Waals surface area contributed by atoms with Crippen molar-refractivity contribution in [3.8, 4) is 0 Å². The van der Waals surface area contributed by atoms with Gasteiger partial charge in [-0.3, -0.25) is 4.79 Å². The Labute approximate surface area is 289 Å². The van der Waals surface area contributed by atoms with Crippen molar-refractivity contribution in [3.63, 3.8) is 0 Å². The van der Waals surface area contributed by atoms with E-state index in [1.807, 2.05) is 11.4 Å². The molecule has 3 fully saturated rings. The zero-order chi connectivity index (χ0) is 35.8. The van der Waals surface area contributed by atoms with Crippen LogP contribution in [0.3, 0.4) is 0 Å². The van der Waals surface area contributed by atoms with Crippen molar-refractivity contribution in [2.75, 3.05) is 50.3 Å². The molecule has 10 nitrogen and oxygen atoms in total. The largest absolute Gasteiger partial charge is 0.436 e. The van der Waals surface area contributed by atoms with E-state index in [-0.39, 0.29) is 25.2 Å². The third kappa shape index (κ3) is 7.92. The van der Waals surface area contributed by atoms with E-state index in [2.05, 4.69) is 10.6 Å². The van der Waals surface area contributed by atoms with Crippen LogP contribution in [0.25, 0.3) is 0 Å². The monoisotopic (exact) mass is 730 g/mol. The average Bonchev–Trinajstić information content (AvgIpc) is 3.54. The van der Waals surface area contributed by atoms with Crippen LogP contribution in [0.15, 0.2) is 23.6 Å². The number of hydrogen-bond donors (Lipinski definition) is 3. The van der Waals surface area contributed by atoms with Crippen LogP contribution in [0.1, 0.15) is 60.1 Å². The van der Waals surface area contributed by atoms with Crippen molar-refractivity contribution in [3.05, 3.63) is 45.1 Å². The first-order valence-electron chi connectivity index (χ1n) is 16.8. The number of urea groups is 1. The summed E-state index contributed by atoms with van der Waals surface area (Å²) in [5, 5.41) is 8.08. The molecule has 4 aliphatic rings. The van der Waals surface area contributed by atoms with E-state index in [0.717, 1.165) is 36.5 Å². The molecule has 274 valence electrons. The lowest BCUT2D eigenvalue weighted by Crippen LogP contribution is -2.52. The van der Waals surface area contributed by atoms with E-state index in [4.69, 9.17) is 10.5 Å². The van der Waals surface area contributed by atoms with E-state index >= 15 is 0 Å². The second-order valence-corrected chi connectivity index (χ2v) is 14.5. The summed E-state index contributed by atoms with van der Waals surface area (Å²) < 4.78 is 88.6. The van der Waals surface area contributed by atoms with Crippen LogP contribution in [0.4, 0.5) is 47.3 Å². The number of nitrogen functional groups attached to an aromatic ring is 1. The second-order valence-electron chi connectivity index (χ2n) is 13.5. The highest BCUT2D eigenvalue weighted by atomic mass is 32.1. The Bertz CT molecular complexity index is 1530. The quantitative estimate of drug-likeness (QED) is 0.242. The Morgan fingerprint density at radius 1 is 0.900 bits per heavy atom. The number of thiophene rings is 1. The molecule has 6 rings (SSSR count). The van der Waals surface area contributed by atoms with Gasteiger partial charge in [0.2, 0.25) is 0 Å². The Balaban J connectivity index is 1.18. The van der Waals surface area contributed by atoms with Gasteiger partial charge < -0.3 is 35.8 Å². The van der Waals surface area contributed by atoms with E-state index in [9.17, 15) is 40.7 Å². The first-order valence-corrected chi connectivity index (χ1v) is 17.7. The number of ether oxygens (including phenoxy) is 1. The fraction of sp³-hybridized carbons (Fsp3) is 0.606. The van der Waals surface area contributed by atoms with Gasteiger partial charge in [0.25, 0.3) is 5.91 Å². The van der Waals surface area contributed by atoms with E-state index < -0.39 is 59.3 Å². The fourth-order valence-corrected chi connectivity index (χ4v) is 8.47. The Morgan fingerprint density at radius 2 is 1.48 bits per heavy atom. The van der Waals surface area contributed by atoms with Crippen molar-refractivity contribution in [2.45, 2.75) is 76.0 Å². The molecule has 3 saturated heterocycles. The number of alkyl halides is 6. The number of fused-ring (bicyclic) bond motifs is 1. The van der Waals surface area contributed by atoms with Gasteiger partial charge in [0.05, 0.1) is 29.0 Å². The lowest BCUT2D eigenvalue weighted by Gasteiger charge is -2.40. The maximum Gasteiger partial charge on any atom is 0.418 e. The third-order valence-electron chi connectivity index (χ3n) is 10.4. The summed E-state index contributed by atoms with van der Waals surface area (Å²) in [6, 6.07) is 2.38. The molecule has 4 amide bonds. The topological polar surface area (TPSA) is 120 Å². The number of piperidine rings is 3. The molecule has 4 N–H and O–H groups in total. The van der Waals surface area contributed by atoms with E-state index in [1.165, 1.54) is 21.1 Å². The molecule has 17 heteroatoms. The van der Waals surface area contributed by atoms with Crippen LogP contribution in [-0.2, 0) is 34.8 Å². The molecule has 1 aromatic carbocycles. The number of halogens is 6. The smallest absolute Gasteiger partial charge is 0.418 e. The molecule has 0 radical (unpaired) electrons. The van der Waals surface area contributed by atoms with E-state index in [1.54, 1.807) is 4.90 Å². The number of nitrogens with two attached hydrogens (primary N) is 1. The summed E-state index contributed by atoms with van der Waals surface area (Å²) in [7, 11) is 0. The highest BCUT2D eigenvalue weighted by Gasteiger charge is 2.42. The highest BCUT2D eigenvalue weighted by Crippen LogP contribution is 2.42. The molecular weight excluding hydrogens is 690 g/mol. The van der Waals surface area contributed by atoms with E-state index in [0.29, 0.717) is 69.3 Å². The number of hydrogen-bond acceptors (Lipinski definition) is 7. The molecule has 50 heavy (non-hydrogen) atoms. The highest BCUT2D eigenvalue weighted by molar-refractivity contribution is 7.10. The van der Waals surface area contributed by atoms with Gasteiger partial charge in [-0.25, -0.2) is 9.59 Å². The number of carbonyl (C=O) groups excluding carboxylic acids is 3. The van der Waals surface area contributed by atoms with Gasteiger partial charge in [-0.15, -0.1) is 11.3 Å². The van der Waals surface area contributed by atoms with Crippen LogP contribution < -0.4 is 16.4 Å². The van der Waals surface area contributed by atoms with Gasteiger partial charge in [0, 0.05) is 43.5 Å². The van der Waals surface area contributed by atoms with Crippen LogP contribution >= 0.6 is 11.3 Å². The molecule has 2 aromatic rings. The fourth-order valence-electron chi connectivity index (χ4n) is 7.64. The van der Waals surface area contributed by atoms with Crippen molar-refractivity contribution in [1.82, 2.24) is 20.0 Å². The summed E-state index contributed by atoms with van der Waals surface area (Å²) in [6.07, 6.45) is -9.44. The third-order valence-corrected chi connectivity index (χ3v) is 11.3. The number of carbonyl (C=O) groups is 3. The number of anilines is 2. The Kier molecular flexibility index (Phi) is 10.4. The minimum absolute atomic E-state index is 0.172. The molecule has 0 saturated carbocycles. The lowest BCUT2D eigenvalue weighted by atomic mass is 9.79. The minimum Gasteiger partial charge on any atom is -0.436 e. The van der Waals surface area contributed by atoms with Crippen molar-refractivity contribution in [2.24, 2.45) is 11.8 Å². The minimum atomic E-state index is -5.20. The molecule has 1 atom stereocenters. The average molecular weight is 731 g/mol. The van der Waals surface area contributed by atoms with Crippen LogP contribution in [0, 0.1) is 11.8 Å². The van der Waals surface area contributed by atoms with Crippen LogP contribution in [-0.4, -0.2) is 84.1 Å². The van der Waals surface area contributed by atoms with Crippen LogP contribution in [0.2, 0.25) is 0 Å². The van der Waals surface area contributed by atoms with Crippen molar-refractivity contribution < 1.29 is 45.5 Å². The van der Waals surface area contributed by atoms with Crippen molar-refractivity contribution in [1.29, 1.82) is 0 Å². The summed E-state index contributed by atoms with van der Waals surface area (Å²) in [5.74, 6) is 0.218. The predicted molar refractivity (Wildman–Crippen MR) is 173 cm³/mol. The SMILES string of the molecule is Nc1c(C(F)(F)F)cc(C[C@@H](OC(=O)N2CCC(N3Cc4sccc4NC3=O)CC2)C(=O)N2CCC(C3CCNCC3)CC2)cc1C(F)(F)F. The molecule has 4 aliphatic heterocycles. The molecule has 5 heterocycles. The number of amides is 4. The summed E-state index contributed by atoms with van der Waals surface area (Å²) in [5.41, 5.74) is 0.799. The van der Waals surface area contributed by atoms with Gasteiger partial charge in [0.1, 0.15) is 0 Å². The molecule has 1 aromatic heterocycles. The predicted octanol–water partition coefficient (Wildman–Crippen LogP) is 6.17. The molecule has 0 spiro atoms. The summed E-state index contributed by atoms with van der Waals surface area (Å²) >= 11 is 1.52. The Morgan fingerprint density at radius 3 is 2.08 bits per heavy atom. The summed E-state index contributed by atoms with van der Waals surface area (Å²) in [6.45, 7) is 3.28. The number of benzene rings is 1. The molecule has 0 aliphatic carbocycles. The van der Waals surface area contributed by atoms with Crippen LogP contribution in [0.5, 0.6) is 0 Å². The van der Waals surface area contributed by atoms with Gasteiger partial charge >= 0.3 is 24.5 Å².